The van der Waals surface area contributed by atoms with Crippen molar-refractivity contribution in [3.63, 3.8) is 0 Å². The average Bonchev–Trinajstić information content (AvgIpc) is 2.68. The number of H-pyrrole nitrogens is 1. The first-order chi connectivity index (χ1) is 8.15. The molecule has 3 heteroatoms. The van der Waals surface area contributed by atoms with Crippen LogP contribution in [0, 0.1) is 0 Å². The number of fused-ring (bicyclic) bond motifs is 1. The van der Waals surface area contributed by atoms with Gasteiger partial charge in [-0.25, -0.2) is 0 Å². The molecule has 0 saturated heterocycles. The fourth-order valence-electron chi connectivity index (χ4n) is 1.64. The molecule has 2 rings (SSSR count). The zero-order valence-electron chi connectivity index (χ0n) is 9.44. The van der Waals surface area contributed by atoms with Crippen LogP contribution in [0.3, 0.4) is 0 Å². The number of para-hydroxylation sites is 1. The average molecular weight is 226 g/mol. The molecule has 1 aromatic heterocycles. The molecule has 0 unspecified atom stereocenters. The van der Waals surface area contributed by atoms with Gasteiger partial charge in [0.05, 0.1) is 5.97 Å². The van der Waals surface area contributed by atoms with Crippen LogP contribution >= 0.6 is 0 Å². The number of allylic oxidation sites excluding steroid dienone is 2. The van der Waals surface area contributed by atoms with Gasteiger partial charge < -0.3 is 14.9 Å². The number of carboxylic acid groups (broad SMARTS) is 1. The van der Waals surface area contributed by atoms with Gasteiger partial charge in [0.1, 0.15) is 0 Å². The normalized spacial score (nSPS) is 12.4. The highest BCUT2D eigenvalue weighted by atomic mass is 16.4. The van der Waals surface area contributed by atoms with E-state index in [-0.39, 0.29) is 0 Å². The third kappa shape index (κ3) is 2.84. The van der Waals surface area contributed by atoms with E-state index < -0.39 is 5.97 Å². The highest BCUT2D eigenvalue weighted by molar-refractivity contribution is 5.83. The molecular formula is C14H12NO2-. The van der Waals surface area contributed by atoms with Crippen molar-refractivity contribution in [2.75, 3.05) is 0 Å². The first-order valence-electron chi connectivity index (χ1n) is 5.30. The molecule has 0 radical (unpaired) electrons. The second-order valence-electron chi connectivity index (χ2n) is 3.85. The van der Waals surface area contributed by atoms with Crippen molar-refractivity contribution in [3.8, 4) is 0 Å². The summed E-state index contributed by atoms with van der Waals surface area (Å²) in [5.74, 6) is -1.18. The van der Waals surface area contributed by atoms with Gasteiger partial charge in [0.15, 0.2) is 0 Å². The smallest absolute Gasteiger partial charge is 0.0645 e. The number of benzene rings is 1. The number of carboxylic acids is 1. The molecule has 0 bridgehead atoms. The van der Waals surface area contributed by atoms with Crippen LogP contribution in [0.4, 0.5) is 0 Å². The van der Waals surface area contributed by atoms with Gasteiger partial charge in [0, 0.05) is 11.2 Å². The Balaban J connectivity index is 2.24. The van der Waals surface area contributed by atoms with Crippen molar-refractivity contribution >= 4 is 22.9 Å². The van der Waals surface area contributed by atoms with E-state index in [1.54, 1.807) is 13.0 Å². The molecule has 0 aliphatic carbocycles. The van der Waals surface area contributed by atoms with Crippen molar-refractivity contribution in [3.05, 3.63) is 53.8 Å². The van der Waals surface area contributed by atoms with E-state index in [9.17, 15) is 9.90 Å². The Morgan fingerprint density at radius 3 is 2.82 bits per heavy atom. The monoisotopic (exact) mass is 226 g/mol. The van der Waals surface area contributed by atoms with Crippen molar-refractivity contribution < 1.29 is 9.90 Å². The predicted molar refractivity (Wildman–Crippen MR) is 66.1 cm³/mol. The highest BCUT2D eigenvalue weighted by Gasteiger charge is 1.95. The topological polar surface area (TPSA) is 55.9 Å². The Bertz CT molecular complexity index is 572. The van der Waals surface area contributed by atoms with Crippen LogP contribution in [0.1, 0.15) is 12.6 Å². The lowest BCUT2D eigenvalue weighted by molar-refractivity contribution is -0.297. The summed E-state index contributed by atoms with van der Waals surface area (Å²) in [5, 5.41) is 11.5. The molecule has 3 nitrogen and oxygen atoms in total. The molecule has 0 saturated carbocycles. The molecule has 1 aromatic carbocycles. The maximum Gasteiger partial charge on any atom is 0.0645 e. The molecule has 0 fully saturated rings. The van der Waals surface area contributed by atoms with Crippen molar-refractivity contribution in [1.82, 2.24) is 4.98 Å². The Morgan fingerprint density at radius 1 is 1.35 bits per heavy atom. The van der Waals surface area contributed by atoms with E-state index in [0.29, 0.717) is 5.57 Å². The molecule has 0 aliphatic rings. The maximum absolute atomic E-state index is 10.3. The predicted octanol–water partition coefficient (Wildman–Crippen LogP) is 1.88. The maximum atomic E-state index is 10.3. The Morgan fingerprint density at radius 2 is 2.12 bits per heavy atom. The Kier molecular flexibility index (Phi) is 3.10. The molecule has 0 spiro atoms. The first kappa shape index (κ1) is 11.2. The second kappa shape index (κ2) is 4.70. The van der Waals surface area contributed by atoms with Crippen LogP contribution in [-0.4, -0.2) is 11.0 Å². The minimum atomic E-state index is -1.18. The molecular weight excluding hydrogens is 214 g/mol. The zero-order chi connectivity index (χ0) is 12.3. The van der Waals surface area contributed by atoms with Gasteiger partial charge in [0.25, 0.3) is 0 Å². The number of carbonyl (C=O) groups is 1. The van der Waals surface area contributed by atoms with Crippen LogP contribution in [-0.2, 0) is 4.79 Å². The van der Waals surface area contributed by atoms with Gasteiger partial charge >= 0.3 is 0 Å². The van der Waals surface area contributed by atoms with Gasteiger partial charge in [-0.15, -0.1) is 0 Å². The molecule has 0 atom stereocenters. The lowest BCUT2D eigenvalue weighted by Gasteiger charge is -1.93. The number of nitrogens with one attached hydrogen (secondary N) is 1. The third-order valence-corrected chi connectivity index (χ3v) is 2.42. The number of rotatable bonds is 3. The van der Waals surface area contributed by atoms with Crippen molar-refractivity contribution in [2.45, 2.75) is 6.92 Å². The van der Waals surface area contributed by atoms with Gasteiger partial charge in [-0.2, -0.15) is 0 Å². The van der Waals surface area contributed by atoms with Gasteiger partial charge in [-0.3, -0.25) is 0 Å². The zero-order valence-corrected chi connectivity index (χ0v) is 9.44. The standard InChI is InChI=1S/C14H13NO2/c1-10(8-14(16)17)6-7-12-9-11-4-2-3-5-13(11)15-12/h2-9,15H,1H3,(H,16,17)/p-1/b7-6+,10-8-. The summed E-state index contributed by atoms with van der Waals surface area (Å²) in [6.07, 6.45) is 4.65. The number of aromatic amines is 1. The molecule has 17 heavy (non-hydrogen) atoms. The molecule has 1 N–H and O–H groups in total. The van der Waals surface area contributed by atoms with Crippen LogP contribution < -0.4 is 5.11 Å². The summed E-state index contributed by atoms with van der Waals surface area (Å²) in [6, 6.07) is 9.97. The van der Waals surface area contributed by atoms with E-state index in [1.807, 2.05) is 36.4 Å². The Labute approximate surface area is 99.1 Å². The third-order valence-electron chi connectivity index (χ3n) is 2.42. The van der Waals surface area contributed by atoms with E-state index >= 15 is 0 Å². The number of carbonyl (C=O) groups excluding carboxylic acids is 1. The van der Waals surface area contributed by atoms with E-state index in [4.69, 9.17) is 0 Å². The lowest BCUT2D eigenvalue weighted by Crippen LogP contribution is -2.19. The number of hydrogen-bond acceptors (Lipinski definition) is 2. The first-order valence-corrected chi connectivity index (χ1v) is 5.30. The summed E-state index contributed by atoms with van der Waals surface area (Å²) >= 11 is 0. The quantitative estimate of drug-likeness (QED) is 0.641. The molecule has 86 valence electrons. The van der Waals surface area contributed by atoms with E-state index in [0.717, 1.165) is 22.7 Å². The van der Waals surface area contributed by atoms with Crippen LogP contribution in [0.5, 0.6) is 0 Å². The van der Waals surface area contributed by atoms with Crippen molar-refractivity contribution in [2.24, 2.45) is 0 Å². The molecule has 2 aromatic rings. The second-order valence-corrected chi connectivity index (χ2v) is 3.85. The Hall–Kier alpha value is -2.29. The summed E-state index contributed by atoms with van der Waals surface area (Å²) in [5.41, 5.74) is 2.65. The van der Waals surface area contributed by atoms with Gasteiger partial charge in [-0.05, 0) is 42.2 Å². The minimum absolute atomic E-state index is 0.642. The lowest BCUT2D eigenvalue weighted by atomic mass is 10.2. The summed E-state index contributed by atoms with van der Waals surface area (Å²) in [7, 11) is 0. The number of aromatic nitrogens is 1. The number of hydrogen-bond donors (Lipinski definition) is 1. The molecule has 1 heterocycles. The van der Waals surface area contributed by atoms with Crippen LogP contribution in [0.25, 0.3) is 17.0 Å². The van der Waals surface area contributed by atoms with Gasteiger partial charge in [-0.1, -0.05) is 24.3 Å². The van der Waals surface area contributed by atoms with Crippen LogP contribution in [0.2, 0.25) is 0 Å². The van der Waals surface area contributed by atoms with Crippen molar-refractivity contribution in [1.29, 1.82) is 0 Å². The summed E-state index contributed by atoms with van der Waals surface area (Å²) in [4.78, 5) is 13.6. The van der Waals surface area contributed by atoms with E-state index in [1.165, 1.54) is 0 Å². The highest BCUT2D eigenvalue weighted by Crippen LogP contribution is 2.15. The number of aliphatic carboxylic acids is 1. The molecule has 0 amide bonds. The fourth-order valence-corrected chi connectivity index (χ4v) is 1.64. The van der Waals surface area contributed by atoms with Crippen LogP contribution in [0.15, 0.2) is 48.1 Å². The summed E-state index contributed by atoms with van der Waals surface area (Å²) in [6.45, 7) is 1.72. The summed E-state index contributed by atoms with van der Waals surface area (Å²) < 4.78 is 0. The van der Waals surface area contributed by atoms with E-state index in [2.05, 4.69) is 4.98 Å². The fraction of sp³-hybridized carbons (Fsp3) is 0.0714. The SMILES string of the molecule is CC(=C/C(=O)[O-])/C=C/c1cc2ccccc2[nH]1. The van der Waals surface area contributed by atoms with Gasteiger partial charge in [0.2, 0.25) is 0 Å². The molecule has 0 aliphatic heterocycles. The minimum Gasteiger partial charge on any atom is -0.545 e. The largest absolute Gasteiger partial charge is 0.545 e.